The second-order valence-electron chi connectivity index (χ2n) is 7.20. The van der Waals surface area contributed by atoms with Crippen LogP contribution in [0.5, 0.6) is 5.75 Å². The topological polar surface area (TPSA) is 70.2 Å². The molecule has 1 aliphatic rings. The summed E-state index contributed by atoms with van der Waals surface area (Å²) in [4.78, 5) is 17.1. The van der Waals surface area contributed by atoms with Crippen molar-refractivity contribution in [1.82, 2.24) is 4.90 Å². The summed E-state index contributed by atoms with van der Waals surface area (Å²) in [6.45, 7) is 3.99. The molecule has 1 amide bonds. The maximum atomic E-state index is 13.2. The fourth-order valence-electron chi connectivity index (χ4n) is 3.70. The van der Waals surface area contributed by atoms with Crippen molar-refractivity contribution in [1.29, 1.82) is 0 Å². The van der Waals surface area contributed by atoms with Crippen LogP contribution in [-0.2, 0) is 14.8 Å². The van der Waals surface area contributed by atoms with Crippen LogP contribution in [0.1, 0.15) is 6.92 Å². The molecular formula is C21H26ClN3O4S. The van der Waals surface area contributed by atoms with Gasteiger partial charge in [0, 0.05) is 36.9 Å². The molecule has 2 aromatic carbocycles. The van der Waals surface area contributed by atoms with Gasteiger partial charge in [-0.05, 0) is 37.3 Å². The molecule has 0 unspecified atom stereocenters. The van der Waals surface area contributed by atoms with E-state index in [0.29, 0.717) is 37.0 Å². The van der Waals surface area contributed by atoms with Gasteiger partial charge >= 0.3 is 0 Å². The van der Waals surface area contributed by atoms with E-state index < -0.39 is 16.1 Å². The summed E-state index contributed by atoms with van der Waals surface area (Å²) in [5.41, 5.74) is 1.36. The first-order valence-electron chi connectivity index (χ1n) is 9.64. The standard InChI is InChI=1S/C21H26ClN3O4S/c1-16(25(30(3,27)28)19-15-17(22)9-10-20(19)29-2)21(26)24-13-11-23(12-14-24)18-7-5-4-6-8-18/h4-10,15-16H,11-14H2,1-3H3/t16-/m1/s1. The van der Waals surface area contributed by atoms with Crippen LogP contribution in [0.4, 0.5) is 11.4 Å². The number of benzene rings is 2. The van der Waals surface area contributed by atoms with Gasteiger partial charge in [0.15, 0.2) is 0 Å². The molecule has 162 valence electrons. The fraction of sp³-hybridized carbons (Fsp3) is 0.381. The third-order valence-corrected chi connectivity index (χ3v) is 6.62. The molecule has 0 aromatic heterocycles. The van der Waals surface area contributed by atoms with Gasteiger partial charge in [-0.25, -0.2) is 8.42 Å². The molecule has 9 heteroatoms. The Morgan fingerprint density at radius 3 is 2.30 bits per heavy atom. The summed E-state index contributed by atoms with van der Waals surface area (Å²) in [5, 5.41) is 0.357. The predicted molar refractivity (Wildman–Crippen MR) is 120 cm³/mol. The van der Waals surface area contributed by atoms with Gasteiger partial charge < -0.3 is 14.5 Å². The minimum atomic E-state index is -3.77. The molecule has 7 nitrogen and oxygen atoms in total. The van der Waals surface area contributed by atoms with E-state index in [-0.39, 0.29) is 11.6 Å². The largest absolute Gasteiger partial charge is 0.495 e. The van der Waals surface area contributed by atoms with Crippen LogP contribution in [0.3, 0.4) is 0 Å². The molecule has 1 saturated heterocycles. The summed E-state index contributed by atoms with van der Waals surface area (Å²) >= 11 is 6.10. The molecule has 0 aliphatic carbocycles. The van der Waals surface area contributed by atoms with Crippen LogP contribution in [0.15, 0.2) is 48.5 Å². The highest BCUT2D eigenvalue weighted by atomic mass is 35.5. The molecule has 3 rings (SSSR count). The molecule has 1 heterocycles. The van der Waals surface area contributed by atoms with Crippen LogP contribution in [0, 0.1) is 0 Å². The Morgan fingerprint density at radius 2 is 1.73 bits per heavy atom. The van der Waals surface area contributed by atoms with Gasteiger partial charge in [0.2, 0.25) is 15.9 Å². The molecule has 0 spiro atoms. The number of hydrogen-bond acceptors (Lipinski definition) is 5. The normalized spacial score (nSPS) is 15.6. The van der Waals surface area contributed by atoms with Crippen LogP contribution in [-0.4, -0.2) is 64.8 Å². The lowest BCUT2D eigenvalue weighted by atomic mass is 10.2. The molecule has 1 atom stereocenters. The number of hydrogen-bond donors (Lipinski definition) is 0. The molecule has 30 heavy (non-hydrogen) atoms. The average molecular weight is 452 g/mol. The summed E-state index contributed by atoms with van der Waals surface area (Å²) in [6, 6.07) is 13.8. The van der Waals surface area contributed by atoms with Gasteiger partial charge in [-0.1, -0.05) is 29.8 Å². The van der Waals surface area contributed by atoms with Gasteiger partial charge in [-0.15, -0.1) is 0 Å². The number of halogens is 1. The lowest BCUT2D eigenvalue weighted by Gasteiger charge is -2.39. The van der Waals surface area contributed by atoms with Crippen molar-refractivity contribution in [2.75, 3.05) is 48.7 Å². The van der Waals surface area contributed by atoms with Crippen LogP contribution >= 0.6 is 11.6 Å². The first-order chi connectivity index (χ1) is 14.2. The molecule has 0 N–H and O–H groups in total. The van der Waals surface area contributed by atoms with Crippen molar-refractivity contribution in [3.63, 3.8) is 0 Å². The Hall–Kier alpha value is -2.45. The van der Waals surface area contributed by atoms with Crippen LogP contribution in [0.2, 0.25) is 5.02 Å². The minimum absolute atomic E-state index is 0.247. The number of piperazine rings is 1. The number of carbonyl (C=O) groups is 1. The van der Waals surface area contributed by atoms with Crippen molar-refractivity contribution < 1.29 is 17.9 Å². The molecule has 0 bridgehead atoms. The second kappa shape index (κ2) is 9.14. The van der Waals surface area contributed by atoms with Crippen molar-refractivity contribution in [2.45, 2.75) is 13.0 Å². The Morgan fingerprint density at radius 1 is 1.10 bits per heavy atom. The average Bonchev–Trinajstić information content (AvgIpc) is 2.73. The van der Waals surface area contributed by atoms with Gasteiger partial charge in [0.25, 0.3) is 0 Å². The lowest BCUT2D eigenvalue weighted by Crippen LogP contribution is -2.55. The third-order valence-electron chi connectivity index (χ3n) is 5.16. The van der Waals surface area contributed by atoms with Crippen molar-refractivity contribution in [2.24, 2.45) is 0 Å². The van der Waals surface area contributed by atoms with Crippen LogP contribution in [0.25, 0.3) is 0 Å². The maximum Gasteiger partial charge on any atom is 0.246 e. The number of rotatable bonds is 6. The zero-order chi connectivity index (χ0) is 21.9. The van der Waals surface area contributed by atoms with E-state index in [4.69, 9.17) is 16.3 Å². The highest BCUT2D eigenvalue weighted by Crippen LogP contribution is 2.34. The van der Waals surface area contributed by atoms with Crippen LogP contribution < -0.4 is 13.9 Å². The van der Waals surface area contributed by atoms with Gasteiger partial charge in [-0.3, -0.25) is 9.10 Å². The summed E-state index contributed by atoms with van der Waals surface area (Å²) in [7, 11) is -2.32. The van der Waals surface area contributed by atoms with E-state index in [1.165, 1.54) is 13.2 Å². The zero-order valence-electron chi connectivity index (χ0n) is 17.3. The first-order valence-corrected chi connectivity index (χ1v) is 11.9. The van der Waals surface area contributed by atoms with Crippen molar-refractivity contribution in [3.05, 3.63) is 53.6 Å². The number of anilines is 2. The monoisotopic (exact) mass is 451 g/mol. The van der Waals surface area contributed by atoms with E-state index in [2.05, 4.69) is 4.90 Å². The van der Waals surface area contributed by atoms with E-state index in [1.807, 2.05) is 30.3 Å². The number of nitrogens with zero attached hydrogens (tertiary/aromatic N) is 3. The van der Waals surface area contributed by atoms with Crippen molar-refractivity contribution in [3.8, 4) is 5.75 Å². The number of ether oxygens (including phenoxy) is 1. The molecule has 1 aliphatic heterocycles. The van der Waals surface area contributed by atoms with Gasteiger partial charge in [0.05, 0.1) is 19.1 Å². The quantitative estimate of drug-likeness (QED) is 0.675. The summed E-state index contributed by atoms with van der Waals surface area (Å²) in [5.74, 6) is 0.0773. The van der Waals surface area contributed by atoms with E-state index in [9.17, 15) is 13.2 Å². The number of sulfonamides is 1. The second-order valence-corrected chi connectivity index (χ2v) is 9.49. The number of methoxy groups -OCH3 is 1. The van der Waals surface area contributed by atoms with E-state index in [0.717, 1.165) is 16.2 Å². The molecular weight excluding hydrogens is 426 g/mol. The maximum absolute atomic E-state index is 13.2. The Balaban J connectivity index is 1.80. The zero-order valence-corrected chi connectivity index (χ0v) is 18.9. The smallest absolute Gasteiger partial charge is 0.246 e. The molecule has 0 radical (unpaired) electrons. The highest BCUT2D eigenvalue weighted by molar-refractivity contribution is 7.92. The molecule has 0 saturated carbocycles. The first kappa shape index (κ1) is 22.2. The van der Waals surface area contributed by atoms with E-state index in [1.54, 1.807) is 24.0 Å². The SMILES string of the molecule is COc1ccc(Cl)cc1N([C@H](C)C(=O)N1CCN(c2ccccc2)CC1)S(C)(=O)=O. The molecule has 2 aromatic rings. The van der Waals surface area contributed by atoms with Gasteiger partial charge in [-0.2, -0.15) is 0 Å². The fourth-order valence-corrected chi connectivity index (χ4v) is 5.03. The molecule has 1 fully saturated rings. The third kappa shape index (κ3) is 4.82. The lowest BCUT2D eigenvalue weighted by molar-refractivity contribution is -0.132. The Labute approximate surface area is 182 Å². The Kier molecular flexibility index (Phi) is 6.77. The number of amides is 1. The summed E-state index contributed by atoms with van der Waals surface area (Å²) < 4.78 is 31.7. The predicted octanol–water partition coefficient (Wildman–Crippen LogP) is 2.85. The minimum Gasteiger partial charge on any atom is -0.495 e. The summed E-state index contributed by atoms with van der Waals surface area (Å²) in [6.07, 6.45) is 1.07. The van der Waals surface area contributed by atoms with E-state index >= 15 is 0 Å². The Bertz CT molecular complexity index is 993. The number of carbonyl (C=O) groups excluding carboxylic acids is 1. The highest BCUT2D eigenvalue weighted by Gasteiger charge is 2.35. The van der Waals surface area contributed by atoms with Gasteiger partial charge in [0.1, 0.15) is 11.8 Å². The van der Waals surface area contributed by atoms with Crippen molar-refractivity contribution >= 4 is 38.9 Å². The number of para-hydroxylation sites is 1.